The molecule has 24 heavy (non-hydrogen) atoms. The van der Waals surface area contributed by atoms with E-state index in [1.54, 1.807) is 0 Å². The minimum atomic E-state index is 0.536. The summed E-state index contributed by atoms with van der Waals surface area (Å²) in [5, 5.41) is 0. The molecule has 0 spiro atoms. The first-order valence-corrected chi connectivity index (χ1v) is 10.0. The first kappa shape index (κ1) is 16.5. The van der Waals surface area contributed by atoms with Crippen LogP contribution in [-0.2, 0) is 13.0 Å². The number of aromatic nitrogens is 2. The Morgan fingerprint density at radius 3 is 2.79 bits per heavy atom. The van der Waals surface area contributed by atoms with E-state index in [1.807, 2.05) is 0 Å². The molecule has 1 atom stereocenters. The number of nitrogens with zero attached hydrogens (tertiary/aromatic N) is 4. The Balaban J connectivity index is 1.39. The van der Waals surface area contributed by atoms with Crippen molar-refractivity contribution in [2.24, 2.45) is 5.92 Å². The van der Waals surface area contributed by atoms with Gasteiger partial charge in [-0.25, -0.2) is 9.97 Å². The molecule has 1 saturated heterocycles. The third-order valence-electron chi connectivity index (χ3n) is 6.26. The van der Waals surface area contributed by atoms with Gasteiger partial charge < -0.3 is 4.90 Å². The maximum absolute atomic E-state index is 4.99. The molecule has 1 unspecified atom stereocenters. The van der Waals surface area contributed by atoms with Crippen LogP contribution in [0, 0.1) is 5.92 Å². The molecule has 1 saturated carbocycles. The number of fused-ring (bicyclic) bond motifs is 1. The smallest absolute Gasteiger partial charge is 0.132 e. The highest BCUT2D eigenvalue weighted by Crippen LogP contribution is 2.28. The lowest BCUT2D eigenvalue weighted by molar-refractivity contribution is 0.185. The maximum Gasteiger partial charge on any atom is 0.132 e. The van der Waals surface area contributed by atoms with Crippen molar-refractivity contribution in [1.29, 1.82) is 0 Å². The molecule has 0 amide bonds. The van der Waals surface area contributed by atoms with Crippen LogP contribution in [0.4, 0.5) is 0 Å². The van der Waals surface area contributed by atoms with Crippen molar-refractivity contribution >= 4 is 0 Å². The van der Waals surface area contributed by atoms with Gasteiger partial charge >= 0.3 is 0 Å². The molecular formula is C20H32N4. The Hall–Kier alpha value is -1.00. The average Bonchev–Trinajstić information content (AvgIpc) is 2.62. The predicted molar refractivity (Wildman–Crippen MR) is 97.1 cm³/mol. The number of piperidine rings is 1. The second-order valence-electron chi connectivity index (χ2n) is 8.29. The van der Waals surface area contributed by atoms with Crippen molar-refractivity contribution < 1.29 is 0 Å². The lowest BCUT2D eigenvalue weighted by atomic mass is 9.88. The van der Waals surface area contributed by atoms with Crippen molar-refractivity contribution in [2.75, 3.05) is 33.2 Å². The van der Waals surface area contributed by atoms with Crippen LogP contribution in [0.5, 0.6) is 0 Å². The highest BCUT2D eigenvalue weighted by molar-refractivity contribution is 5.21. The Labute approximate surface area is 146 Å². The number of likely N-dealkylation sites (N-methyl/N-ethyl adjacent to an activating group) is 1. The summed E-state index contributed by atoms with van der Waals surface area (Å²) in [5.41, 5.74) is 2.71. The molecule has 1 aromatic rings. The van der Waals surface area contributed by atoms with Crippen molar-refractivity contribution in [3.63, 3.8) is 0 Å². The van der Waals surface area contributed by atoms with E-state index in [-0.39, 0.29) is 0 Å². The first-order valence-electron chi connectivity index (χ1n) is 10.0. The van der Waals surface area contributed by atoms with Crippen LogP contribution in [0.15, 0.2) is 6.20 Å². The Morgan fingerprint density at radius 2 is 1.96 bits per heavy atom. The van der Waals surface area contributed by atoms with Crippen molar-refractivity contribution in [1.82, 2.24) is 19.8 Å². The van der Waals surface area contributed by atoms with Gasteiger partial charge in [-0.2, -0.15) is 0 Å². The summed E-state index contributed by atoms with van der Waals surface area (Å²) in [6, 6.07) is 0. The van der Waals surface area contributed by atoms with Crippen LogP contribution < -0.4 is 0 Å². The molecule has 4 heteroatoms. The second-order valence-corrected chi connectivity index (χ2v) is 8.29. The number of rotatable bonds is 3. The van der Waals surface area contributed by atoms with E-state index in [0.717, 1.165) is 31.3 Å². The molecule has 3 heterocycles. The van der Waals surface area contributed by atoms with Crippen LogP contribution in [0.1, 0.15) is 67.9 Å². The van der Waals surface area contributed by atoms with Crippen LogP contribution in [0.3, 0.4) is 0 Å². The van der Waals surface area contributed by atoms with E-state index in [1.165, 1.54) is 75.8 Å². The third kappa shape index (κ3) is 3.80. The molecule has 0 radical (unpaired) electrons. The van der Waals surface area contributed by atoms with Crippen LogP contribution >= 0.6 is 0 Å². The van der Waals surface area contributed by atoms with E-state index in [4.69, 9.17) is 9.97 Å². The molecule has 4 rings (SSSR count). The minimum absolute atomic E-state index is 0.536. The van der Waals surface area contributed by atoms with Gasteiger partial charge in [-0.1, -0.05) is 19.3 Å². The topological polar surface area (TPSA) is 32.3 Å². The molecule has 1 aromatic heterocycles. The second kappa shape index (κ2) is 7.49. The van der Waals surface area contributed by atoms with Gasteiger partial charge in [0.25, 0.3) is 0 Å². The normalized spacial score (nSPS) is 27.1. The highest BCUT2D eigenvalue weighted by Gasteiger charge is 2.25. The zero-order valence-electron chi connectivity index (χ0n) is 15.2. The summed E-state index contributed by atoms with van der Waals surface area (Å²) >= 11 is 0. The SMILES string of the molecule is CN1CCCC(c2ncc3c(n2)CCN(CC2CCCCC2)C3)C1. The van der Waals surface area contributed by atoms with Gasteiger partial charge in [-0.15, -0.1) is 0 Å². The van der Waals surface area contributed by atoms with Gasteiger partial charge in [0, 0.05) is 56.0 Å². The fraction of sp³-hybridized carbons (Fsp3) is 0.800. The van der Waals surface area contributed by atoms with Crippen molar-refractivity contribution in [2.45, 2.75) is 63.8 Å². The van der Waals surface area contributed by atoms with Crippen LogP contribution in [0.2, 0.25) is 0 Å². The Morgan fingerprint density at radius 1 is 1.08 bits per heavy atom. The Kier molecular flexibility index (Phi) is 5.14. The van der Waals surface area contributed by atoms with Crippen LogP contribution in [0.25, 0.3) is 0 Å². The van der Waals surface area contributed by atoms with Gasteiger partial charge in [0.2, 0.25) is 0 Å². The molecule has 4 nitrogen and oxygen atoms in total. The quantitative estimate of drug-likeness (QED) is 0.853. The summed E-state index contributed by atoms with van der Waals surface area (Å²) in [6.45, 7) is 5.87. The lowest BCUT2D eigenvalue weighted by Gasteiger charge is -2.33. The number of likely N-dealkylation sites (tertiary alicyclic amines) is 1. The fourth-order valence-corrected chi connectivity index (χ4v) is 4.85. The summed E-state index contributed by atoms with van der Waals surface area (Å²) in [5.74, 6) is 2.56. The number of hydrogen-bond donors (Lipinski definition) is 0. The molecule has 0 aromatic carbocycles. The standard InChI is InChI=1S/C20H32N4/c1-23-10-5-8-17(14-23)20-21-12-18-15-24(11-9-19(18)22-20)13-16-6-3-2-4-7-16/h12,16-17H,2-11,13-15H2,1H3. The largest absolute Gasteiger partial charge is 0.306 e. The third-order valence-corrected chi connectivity index (χ3v) is 6.26. The summed E-state index contributed by atoms with van der Waals surface area (Å²) in [4.78, 5) is 14.8. The minimum Gasteiger partial charge on any atom is -0.306 e. The monoisotopic (exact) mass is 328 g/mol. The van der Waals surface area contributed by atoms with E-state index >= 15 is 0 Å². The molecule has 3 aliphatic rings. The predicted octanol–water partition coefficient (Wildman–Crippen LogP) is 3.22. The van der Waals surface area contributed by atoms with Gasteiger partial charge in [0.1, 0.15) is 5.82 Å². The number of hydrogen-bond acceptors (Lipinski definition) is 4. The average molecular weight is 329 g/mol. The van der Waals surface area contributed by atoms with Crippen molar-refractivity contribution in [3.8, 4) is 0 Å². The highest BCUT2D eigenvalue weighted by atomic mass is 15.1. The van der Waals surface area contributed by atoms with Crippen LogP contribution in [-0.4, -0.2) is 53.0 Å². The van der Waals surface area contributed by atoms with E-state index in [9.17, 15) is 0 Å². The van der Waals surface area contributed by atoms with Gasteiger partial charge in [-0.3, -0.25) is 4.90 Å². The molecular weight excluding hydrogens is 296 g/mol. The maximum atomic E-state index is 4.99. The zero-order valence-corrected chi connectivity index (χ0v) is 15.2. The summed E-state index contributed by atoms with van der Waals surface area (Å²) < 4.78 is 0. The molecule has 2 fully saturated rings. The molecule has 0 bridgehead atoms. The molecule has 1 aliphatic carbocycles. The van der Waals surface area contributed by atoms with Gasteiger partial charge in [0.05, 0.1) is 0 Å². The van der Waals surface area contributed by atoms with Crippen molar-refractivity contribution in [3.05, 3.63) is 23.3 Å². The van der Waals surface area contributed by atoms with E-state index in [0.29, 0.717) is 5.92 Å². The summed E-state index contributed by atoms with van der Waals surface area (Å²) in [6.07, 6.45) is 13.0. The van der Waals surface area contributed by atoms with E-state index in [2.05, 4.69) is 23.0 Å². The Bertz CT molecular complexity index is 553. The van der Waals surface area contributed by atoms with E-state index < -0.39 is 0 Å². The summed E-state index contributed by atoms with van der Waals surface area (Å²) in [7, 11) is 2.22. The lowest BCUT2D eigenvalue weighted by Crippen LogP contribution is -2.36. The molecule has 0 N–H and O–H groups in total. The zero-order chi connectivity index (χ0) is 16.4. The molecule has 132 valence electrons. The molecule has 2 aliphatic heterocycles. The fourth-order valence-electron chi connectivity index (χ4n) is 4.85. The first-order chi connectivity index (χ1) is 11.8. The van der Waals surface area contributed by atoms with Gasteiger partial charge in [-0.05, 0) is 45.2 Å². The van der Waals surface area contributed by atoms with Gasteiger partial charge in [0.15, 0.2) is 0 Å².